The fourth-order valence-corrected chi connectivity index (χ4v) is 5.21. The lowest BCUT2D eigenvalue weighted by molar-refractivity contribution is 0.131. The topological polar surface area (TPSA) is 9.23 Å². The van der Waals surface area contributed by atoms with Gasteiger partial charge in [0.25, 0.3) is 0 Å². The highest BCUT2D eigenvalue weighted by Gasteiger charge is 2.43. The van der Waals surface area contributed by atoms with E-state index in [1.165, 1.54) is 14.7 Å². The summed E-state index contributed by atoms with van der Waals surface area (Å²) in [7, 11) is -3.50. The molecule has 152 valence electrons. The Balaban J connectivity index is 3.65. The molecule has 27 heavy (non-hydrogen) atoms. The van der Waals surface area contributed by atoms with Crippen molar-refractivity contribution in [1.82, 2.24) is 0 Å². The smallest absolute Gasteiger partial charge is 0.194 e. The molecule has 0 aliphatic heterocycles. The molecule has 0 amide bonds. The van der Waals surface area contributed by atoms with E-state index in [2.05, 4.69) is 133 Å². The highest BCUT2D eigenvalue weighted by Crippen LogP contribution is 2.42. The highest BCUT2D eigenvalue weighted by atomic mass is 127. The van der Waals surface area contributed by atoms with Crippen molar-refractivity contribution < 1.29 is 4.43 Å². The molecule has 1 aromatic carbocycles. The molecule has 1 nitrogen and oxygen atoms in total. The fraction of sp³-hybridized carbons (Fsp3) is 0.652. The third-order valence-electron chi connectivity index (χ3n) is 5.26. The standard InChI is InChI=1S/C23H39IOSi2/c1-21(2,3)18-15-19(17-20(24)16-18)23(7,13-14-26(8,9)10)25-27(11,12)22(4,5)6/h15-17H,1-12H3/t23-/m1/s1. The maximum atomic E-state index is 6.98. The van der Waals surface area contributed by atoms with Crippen molar-refractivity contribution in [1.29, 1.82) is 0 Å². The second kappa shape index (κ2) is 7.97. The molecule has 0 aliphatic rings. The Hall–Kier alpha value is -0.0962. The van der Waals surface area contributed by atoms with Gasteiger partial charge in [-0.3, -0.25) is 0 Å². The van der Waals surface area contributed by atoms with E-state index in [0.717, 1.165) is 0 Å². The Morgan fingerprint density at radius 3 is 1.70 bits per heavy atom. The molecule has 0 unspecified atom stereocenters. The van der Waals surface area contributed by atoms with Crippen molar-refractivity contribution in [2.75, 3.05) is 0 Å². The number of halogens is 1. The fourth-order valence-electron chi connectivity index (χ4n) is 2.42. The largest absolute Gasteiger partial charge is 0.397 e. The monoisotopic (exact) mass is 514 g/mol. The minimum absolute atomic E-state index is 0.0972. The van der Waals surface area contributed by atoms with Gasteiger partial charge in [-0.15, -0.1) is 5.54 Å². The van der Waals surface area contributed by atoms with Crippen molar-refractivity contribution in [2.24, 2.45) is 0 Å². The van der Waals surface area contributed by atoms with E-state index in [-0.39, 0.29) is 10.5 Å². The lowest BCUT2D eigenvalue weighted by Gasteiger charge is -2.42. The molecule has 0 N–H and O–H groups in total. The molecule has 0 fully saturated rings. The Kier molecular flexibility index (Phi) is 7.36. The minimum Gasteiger partial charge on any atom is -0.397 e. The van der Waals surface area contributed by atoms with E-state index in [4.69, 9.17) is 4.43 Å². The van der Waals surface area contributed by atoms with Crippen LogP contribution in [0, 0.1) is 15.0 Å². The van der Waals surface area contributed by atoms with Gasteiger partial charge < -0.3 is 4.43 Å². The van der Waals surface area contributed by atoms with E-state index in [1.807, 2.05) is 0 Å². The van der Waals surface area contributed by atoms with E-state index in [0.29, 0.717) is 0 Å². The van der Waals surface area contributed by atoms with Crippen LogP contribution in [0.5, 0.6) is 0 Å². The molecular formula is C23H39IOSi2. The maximum Gasteiger partial charge on any atom is 0.194 e. The average molecular weight is 515 g/mol. The van der Waals surface area contributed by atoms with Gasteiger partial charge in [0.05, 0.1) is 0 Å². The highest BCUT2D eigenvalue weighted by molar-refractivity contribution is 14.1. The molecule has 0 saturated heterocycles. The third kappa shape index (κ3) is 7.02. The van der Waals surface area contributed by atoms with Crippen LogP contribution in [0.4, 0.5) is 0 Å². The summed E-state index contributed by atoms with van der Waals surface area (Å²) >= 11 is 2.43. The molecule has 0 spiro atoms. The van der Waals surface area contributed by atoms with Crippen molar-refractivity contribution >= 4 is 39.0 Å². The van der Waals surface area contributed by atoms with Gasteiger partial charge in [0.1, 0.15) is 13.7 Å². The van der Waals surface area contributed by atoms with Gasteiger partial charge in [0, 0.05) is 3.57 Å². The SMILES string of the molecule is CC(C)(C)c1cc(I)cc([C@@](C)(C#C[Si](C)(C)C)O[Si](C)(C)C(C)(C)C)c1. The second-order valence-electron chi connectivity index (χ2n) is 11.4. The Bertz CT molecular complexity index is 737. The zero-order valence-electron chi connectivity index (χ0n) is 19.5. The van der Waals surface area contributed by atoms with Gasteiger partial charge >= 0.3 is 0 Å². The summed E-state index contributed by atoms with van der Waals surface area (Å²) in [6.07, 6.45) is 0. The first-order valence-electron chi connectivity index (χ1n) is 9.83. The average Bonchev–Trinajstić information content (AvgIpc) is 2.41. The van der Waals surface area contributed by atoms with Crippen LogP contribution >= 0.6 is 22.6 Å². The first kappa shape index (κ1) is 24.9. The predicted molar refractivity (Wildman–Crippen MR) is 135 cm³/mol. The molecule has 0 bridgehead atoms. The van der Waals surface area contributed by atoms with Gasteiger partial charge in [-0.05, 0) is 76.3 Å². The van der Waals surface area contributed by atoms with Crippen molar-refractivity contribution in [3.05, 3.63) is 32.9 Å². The number of hydrogen-bond donors (Lipinski definition) is 0. The van der Waals surface area contributed by atoms with Gasteiger partial charge in [0.15, 0.2) is 8.32 Å². The molecule has 0 radical (unpaired) electrons. The van der Waals surface area contributed by atoms with E-state index >= 15 is 0 Å². The minimum atomic E-state index is -1.99. The maximum absolute atomic E-state index is 6.98. The van der Waals surface area contributed by atoms with Crippen molar-refractivity contribution in [2.45, 2.75) is 97.3 Å². The van der Waals surface area contributed by atoms with Crippen LogP contribution in [0.25, 0.3) is 0 Å². The molecule has 0 heterocycles. The Morgan fingerprint density at radius 1 is 0.815 bits per heavy atom. The van der Waals surface area contributed by atoms with Crippen LogP contribution in [0.15, 0.2) is 18.2 Å². The molecule has 0 saturated carbocycles. The van der Waals surface area contributed by atoms with Crippen LogP contribution in [0.1, 0.15) is 59.6 Å². The summed E-state index contributed by atoms with van der Waals surface area (Å²) in [5, 5.41) is 0.143. The van der Waals surface area contributed by atoms with Crippen molar-refractivity contribution in [3.63, 3.8) is 0 Å². The summed E-state index contributed by atoms with van der Waals surface area (Å²) < 4.78 is 8.22. The van der Waals surface area contributed by atoms with Crippen LogP contribution < -0.4 is 0 Å². The molecule has 1 atom stereocenters. The normalized spacial score (nSPS) is 15.7. The van der Waals surface area contributed by atoms with Crippen LogP contribution in [-0.4, -0.2) is 16.4 Å². The zero-order valence-corrected chi connectivity index (χ0v) is 23.7. The second-order valence-corrected chi connectivity index (χ2v) is 22.1. The summed E-state index contributed by atoms with van der Waals surface area (Å²) in [5.41, 5.74) is 5.64. The lowest BCUT2D eigenvalue weighted by Crippen LogP contribution is -2.47. The quantitative estimate of drug-likeness (QED) is 0.228. The van der Waals surface area contributed by atoms with E-state index < -0.39 is 22.0 Å². The zero-order chi connectivity index (χ0) is 21.5. The van der Waals surface area contributed by atoms with E-state index in [1.54, 1.807) is 0 Å². The first-order valence-corrected chi connectivity index (χ1v) is 17.3. The Morgan fingerprint density at radius 2 is 1.30 bits per heavy atom. The van der Waals surface area contributed by atoms with Gasteiger partial charge in [-0.1, -0.05) is 73.2 Å². The van der Waals surface area contributed by atoms with Crippen molar-refractivity contribution in [3.8, 4) is 11.5 Å². The first-order chi connectivity index (χ1) is 11.8. The number of rotatable bonds is 3. The Labute approximate surface area is 184 Å². The van der Waals surface area contributed by atoms with Gasteiger partial charge in [-0.2, -0.15) is 0 Å². The van der Waals surface area contributed by atoms with Crippen LogP contribution in [-0.2, 0) is 15.4 Å². The molecule has 4 heteroatoms. The summed E-state index contributed by atoms with van der Waals surface area (Å²) in [6, 6.07) is 6.85. The molecule has 1 aromatic rings. The van der Waals surface area contributed by atoms with Gasteiger partial charge in [0.2, 0.25) is 0 Å². The lowest BCUT2D eigenvalue weighted by atomic mass is 9.84. The third-order valence-corrected chi connectivity index (χ3v) is 11.3. The van der Waals surface area contributed by atoms with Crippen LogP contribution in [0.3, 0.4) is 0 Å². The van der Waals surface area contributed by atoms with Crippen LogP contribution in [0.2, 0.25) is 37.8 Å². The molecular weight excluding hydrogens is 475 g/mol. The summed E-state index contributed by atoms with van der Waals surface area (Å²) in [4.78, 5) is 0. The molecule has 0 aliphatic carbocycles. The summed E-state index contributed by atoms with van der Waals surface area (Å²) in [6.45, 7) is 27.4. The number of benzene rings is 1. The molecule has 0 aromatic heterocycles. The van der Waals surface area contributed by atoms with Gasteiger partial charge in [-0.25, -0.2) is 0 Å². The molecule has 1 rings (SSSR count). The number of hydrogen-bond acceptors (Lipinski definition) is 1. The van der Waals surface area contributed by atoms with E-state index in [9.17, 15) is 0 Å². The predicted octanol–water partition coefficient (Wildman–Crippen LogP) is 7.71. The summed E-state index contributed by atoms with van der Waals surface area (Å²) in [5.74, 6) is 3.61.